The van der Waals surface area contributed by atoms with E-state index in [4.69, 9.17) is 0 Å². The molecular formula is C20H23N5O. The van der Waals surface area contributed by atoms with Crippen LogP contribution in [-0.4, -0.2) is 38.8 Å². The highest BCUT2D eigenvalue weighted by atomic mass is 16.2. The Labute approximate surface area is 153 Å². The van der Waals surface area contributed by atoms with E-state index in [2.05, 4.69) is 34.1 Å². The van der Waals surface area contributed by atoms with Gasteiger partial charge in [0, 0.05) is 30.7 Å². The molecule has 0 spiro atoms. The second-order valence-electron chi connectivity index (χ2n) is 6.09. The van der Waals surface area contributed by atoms with Gasteiger partial charge in [-0.05, 0) is 25.0 Å². The first kappa shape index (κ1) is 17.8. The first-order chi connectivity index (χ1) is 12.7. The van der Waals surface area contributed by atoms with Gasteiger partial charge in [-0.15, -0.1) is 0 Å². The zero-order valence-corrected chi connectivity index (χ0v) is 15.1. The van der Waals surface area contributed by atoms with Crippen molar-refractivity contribution in [3.63, 3.8) is 0 Å². The Morgan fingerprint density at radius 2 is 1.81 bits per heavy atom. The summed E-state index contributed by atoms with van der Waals surface area (Å²) in [6, 6.07) is 11.5. The van der Waals surface area contributed by atoms with Crippen LogP contribution in [-0.2, 0) is 0 Å². The number of rotatable bonds is 7. The van der Waals surface area contributed by atoms with Crippen molar-refractivity contribution >= 4 is 28.3 Å². The van der Waals surface area contributed by atoms with E-state index in [0.717, 1.165) is 42.5 Å². The van der Waals surface area contributed by atoms with E-state index in [1.165, 1.54) is 6.33 Å². The number of nitrogens with zero attached hydrogens (tertiary/aromatic N) is 4. The average Bonchev–Trinajstić information content (AvgIpc) is 2.68. The summed E-state index contributed by atoms with van der Waals surface area (Å²) >= 11 is 0. The fraction of sp³-hybridized carbons (Fsp3) is 0.300. The Balaban J connectivity index is 1.86. The minimum absolute atomic E-state index is 0.0600. The number of benzene rings is 1. The van der Waals surface area contributed by atoms with Gasteiger partial charge in [0.2, 0.25) is 0 Å². The van der Waals surface area contributed by atoms with Crippen LogP contribution in [0, 0.1) is 0 Å². The van der Waals surface area contributed by atoms with Crippen molar-refractivity contribution in [2.45, 2.75) is 26.7 Å². The lowest BCUT2D eigenvalue weighted by molar-refractivity contribution is 0.0749. The van der Waals surface area contributed by atoms with Gasteiger partial charge >= 0.3 is 0 Å². The summed E-state index contributed by atoms with van der Waals surface area (Å²) < 4.78 is 0. The molecule has 0 bridgehead atoms. The SMILES string of the molecule is CCCN(CCC)C(=O)c1cc(Nc2cccc3cccnc23)ncn1. The number of hydrogen-bond donors (Lipinski definition) is 1. The van der Waals surface area contributed by atoms with Crippen LogP contribution in [0.5, 0.6) is 0 Å². The topological polar surface area (TPSA) is 71.0 Å². The van der Waals surface area contributed by atoms with Crippen molar-refractivity contribution in [2.75, 3.05) is 18.4 Å². The third kappa shape index (κ3) is 3.96. The van der Waals surface area contributed by atoms with E-state index in [1.807, 2.05) is 35.2 Å². The van der Waals surface area contributed by atoms with Crippen LogP contribution in [0.3, 0.4) is 0 Å². The number of anilines is 2. The molecule has 0 radical (unpaired) electrons. The molecule has 3 aromatic rings. The predicted octanol–water partition coefficient (Wildman–Crippen LogP) is 4.03. The lowest BCUT2D eigenvalue weighted by atomic mass is 10.2. The highest BCUT2D eigenvalue weighted by Crippen LogP contribution is 2.23. The molecule has 0 aliphatic carbocycles. The maximum atomic E-state index is 12.7. The van der Waals surface area contributed by atoms with Crippen molar-refractivity contribution in [3.8, 4) is 0 Å². The van der Waals surface area contributed by atoms with Crippen molar-refractivity contribution in [1.82, 2.24) is 19.9 Å². The Morgan fingerprint density at radius 1 is 1.04 bits per heavy atom. The molecule has 0 aliphatic rings. The smallest absolute Gasteiger partial charge is 0.272 e. The zero-order valence-electron chi connectivity index (χ0n) is 15.1. The monoisotopic (exact) mass is 349 g/mol. The fourth-order valence-corrected chi connectivity index (χ4v) is 2.90. The molecule has 0 saturated carbocycles. The lowest BCUT2D eigenvalue weighted by Crippen LogP contribution is -2.33. The van der Waals surface area contributed by atoms with Gasteiger partial charge in [-0.3, -0.25) is 9.78 Å². The van der Waals surface area contributed by atoms with Crippen LogP contribution >= 0.6 is 0 Å². The van der Waals surface area contributed by atoms with Gasteiger partial charge in [-0.1, -0.05) is 32.0 Å². The Morgan fingerprint density at radius 3 is 2.58 bits per heavy atom. The van der Waals surface area contributed by atoms with Gasteiger partial charge in [-0.25, -0.2) is 9.97 Å². The van der Waals surface area contributed by atoms with Crippen LogP contribution < -0.4 is 5.32 Å². The van der Waals surface area contributed by atoms with Crippen molar-refractivity contribution in [3.05, 3.63) is 54.6 Å². The third-order valence-electron chi connectivity index (χ3n) is 4.06. The molecule has 0 atom stereocenters. The van der Waals surface area contributed by atoms with Gasteiger partial charge in [-0.2, -0.15) is 0 Å². The standard InChI is InChI=1S/C20H23N5O/c1-3-11-25(12-4-2)20(26)17-13-18(23-14-22-17)24-16-9-5-7-15-8-6-10-21-19(15)16/h5-10,13-14H,3-4,11-12H2,1-2H3,(H,22,23,24). The van der Waals surface area contributed by atoms with Crippen LogP contribution in [0.4, 0.5) is 11.5 Å². The Bertz CT molecular complexity index is 885. The number of fused-ring (bicyclic) bond motifs is 1. The molecule has 6 heteroatoms. The van der Waals surface area contributed by atoms with E-state index >= 15 is 0 Å². The predicted molar refractivity (Wildman–Crippen MR) is 104 cm³/mol. The largest absolute Gasteiger partial charge is 0.338 e. The molecule has 0 unspecified atom stereocenters. The van der Waals surface area contributed by atoms with E-state index in [0.29, 0.717) is 11.5 Å². The van der Waals surface area contributed by atoms with E-state index in [9.17, 15) is 4.79 Å². The molecule has 26 heavy (non-hydrogen) atoms. The second-order valence-corrected chi connectivity index (χ2v) is 6.09. The van der Waals surface area contributed by atoms with Crippen LogP contribution in [0.2, 0.25) is 0 Å². The van der Waals surface area contributed by atoms with Crippen molar-refractivity contribution in [2.24, 2.45) is 0 Å². The minimum Gasteiger partial charge on any atom is -0.338 e. The maximum absolute atomic E-state index is 12.7. The van der Waals surface area contributed by atoms with Crippen molar-refractivity contribution < 1.29 is 4.79 Å². The Hall–Kier alpha value is -3.02. The first-order valence-corrected chi connectivity index (χ1v) is 8.95. The minimum atomic E-state index is -0.0600. The summed E-state index contributed by atoms with van der Waals surface area (Å²) in [5.41, 5.74) is 2.11. The molecule has 0 saturated heterocycles. The first-order valence-electron chi connectivity index (χ1n) is 8.95. The maximum Gasteiger partial charge on any atom is 0.272 e. The molecule has 0 aliphatic heterocycles. The molecule has 134 valence electrons. The third-order valence-corrected chi connectivity index (χ3v) is 4.06. The Kier molecular flexibility index (Phi) is 5.73. The summed E-state index contributed by atoms with van der Waals surface area (Å²) in [5.74, 6) is 0.518. The number of carbonyl (C=O) groups excluding carboxylic acids is 1. The van der Waals surface area contributed by atoms with E-state index in [-0.39, 0.29) is 5.91 Å². The quantitative estimate of drug-likeness (QED) is 0.697. The number of pyridine rings is 1. The molecular weight excluding hydrogens is 326 g/mol. The van der Waals surface area contributed by atoms with Gasteiger partial charge in [0.15, 0.2) is 0 Å². The number of para-hydroxylation sites is 1. The summed E-state index contributed by atoms with van der Waals surface area (Å²) in [6.45, 7) is 5.59. The summed E-state index contributed by atoms with van der Waals surface area (Å²) in [7, 11) is 0. The molecule has 0 fully saturated rings. The normalized spacial score (nSPS) is 10.7. The summed E-state index contributed by atoms with van der Waals surface area (Å²) in [6.07, 6.45) is 5.02. The van der Waals surface area contributed by atoms with Crippen LogP contribution in [0.25, 0.3) is 10.9 Å². The molecule has 1 N–H and O–H groups in total. The number of aromatic nitrogens is 3. The molecule has 1 amide bonds. The number of nitrogens with one attached hydrogen (secondary N) is 1. The zero-order chi connectivity index (χ0) is 18.4. The average molecular weight is 349 g/mol. The van der Waals surface area contributed by atoms with Gasteiger partial charge in [0.05, 0.1) is 11.2 Å². The van der Waals surface area contributed by atoms with Gasteiger partial charge in [0.1, 0.15) is 17.8 Å². The highest BCUT2D eigenvalue weighted by Gasteiger charge is 2.16. The molecule has 3 rings (SSSR count). The number of carbonyl (C=O) groups is 1. The van der Waals surface area contributed by atoms with Crippen molar-refractivity contribution in [1.29, 1.82) is 0 Å². The van der Waals surface area contributed by atoms with E-state index < -0.39 is 0 Å². The fourth-order valence-electron chi connectivity index (χ4n) is 2.90. The molecule has 1 aromatic carbocycles. The molecule has 2 aromatic heterocycles. The number of hydrogen-bond acceptors (Lipinski definition) is 5. The highest BCUT2D eigenvalue weighted by molar-refractivity contribution is 5.94. The summed E-state index contributed by atoms with van der Waals surface area (Å²) in [5, 5.41) is 4.30. The van der Waals surface area contributed by atoms with E-state index in [1.54, 1.807) is 12.3 Å². The van der Waals surface area contributed by atoms with Gasteiger partial charge in [0.25, 0.3) is 5.91 Å². The van der Waals surface area contributed by atoms with Crippen LogP contribution in [0.15, 0.2) is 48.9 Å². The van der Waals surface area contributed by atoms with Gasteiger partial charge < -0.3 is 10.2 Å². The lowest BCUT2D eigenvalue weighted by Gasteiger charge is -2.21. The molecule has 2 heterocycles. The second kappa shape index (κ2) is 8.38. The summed E-state index contributed by atoms with van der Waals surface area (Å²) in [4.78, 5) is 27.4. The van der Waals surface area contributed by atoms with Crippen LogP contribution in [0.1, 0.15) is 37.2 Å². The molecule has 6 nitrogen and oxygen atoms in total. The number of amides is 1.